The number of rotatable bonds is 8. The van der Waals surface area contributed by atoms with E-state index in [-0.39, 0.29) is 11.3 Å². The molecule has 1 N–H and O–H groups in total. The van der Waals surface area contributed by atoms with E-state index in [1.54, 1.807) is 20.1 Å². The first-order chi connectivity index (χ1) is 14.4. The van der Waals surface area contributed by atoms with Gasteiger partial charge in [-0.3, -0.25) is 9.59 Å². The van der Waals surface area contributed by atoms with Gasteiger partial charge in [-0.2, -0.15) is 0 Å². The molecule has 0 radical (unpaired) electrons. The average Bonchev–Trinajstić information content (AvgIpc) is 2.71. The number of methoxy groups -OCH3 is 1. The molecule has 0 unspecified atom stereocenters. The highest BCUT2D eigenvalue weighted by atomic mass is 16.5. The third-order valence-electron chi connectivity index (χ3n) is 5.26. The second-order valence-corrected chi connectivity index (χ2v) is 7.59. The summed E-state index contributed by atoms with van der Waals surface area (Å²) in [7, 11) is 1.60. The summed E-state index contributed by atoms with van der Waals surface area (Å²) in [6.45, 7) is 5.44. The molecule has 1 amide bonds. The topological polar surface area (TPSA) is 68.5 Å². The van der Waals surface area contributed by atoms with Crippen LogP contribution in [-0.2, 0) is 11.2 Å². The number of anilines is 1. The zero-order valence-corrected chi connectivity index (χ0v) is 18.1. The lowest BCUT2D eigenvalue weighted by Crippen LogP contribution is -2.11. The van der Waals surface area contributed by atoms with Gasteiger partial charge in [-0.25, -0.2) is 0 Å². The molecule has 0 atom stereocenters. The van der Waals surface area contributed by atoms with Crippen LogP contribution in [0.1, 0.15) is 50.9 Å². The zero-order valence-electron chi connectivity index (χ0n) is 18.1. The third kappa shape index (κ3) is 4.73. The maximum Gasteiger partial charge on any atom is 0.221 e. The summed E-state index contributed by atoms with van der Waals surface area (Å²) in [6.07, 6.45) is 5.25. The highest BCUT2D eigenvalue weighted by Crippen LogP contribution is 2.30. The van der Waals surface area contributed by atoms with Crippen molar-refractivity contribution < 1.29 is 13.9 Å². The molecule has 1 aromatic heterocycles. The Balaban J connectivity index is 2.13. The Labute approximate surface area is 177 Å². The first kappa shape index (κ1) is 21.6. The minimum absolute atomic E-state index is 0.0776. The highest BCUT2D eigenvalue weighted by molar-refractivity contribution is 5.94. The Bertz CT molecular complexity index is 1110. The number of amides is 1. The third-order valence-corrected chi connectivity index (χ3v) is 5.26. The van der Waals surface area contributed by atoms with Crippen molar-refractivity contribution in [2.45, 2.75) is 52.9 Å². The summed E-state index contributed by atoms with van der Waals surface area (Å²) in [5.41, 5.74) is 3.37. The second kappa shape index (κ2) is 9.61. The Morgan fingerprint density at radius 1 is 1.13 bits per heavy atom. The van der Waals surface area contributed by atoms with Crippen molar-refractivity contribution in [3.8, 4) is 16.9 Å². The van der Waals surface area contributed by atoms with Crippen LogP contribution in [0, 0.1) is 6.92 Å². The van der Waals surface area contributed by atoms with Crippen LogP contribution >= 0.6 is 0 Å². The molecule has 0 aliphatic heterocycles. The first-order valence-electron chi connectivity index (χ1n) is 10.5. The van der Waals surface area contributed by atoms with Gasteiger partial charge in [0.15, 0.2) is 0 Å². The number of fused-ring (bicyclic) bond motifs is 1. The van der Waals surface area contributed by atoms with Gasteiger partial charge >= 0.3 is 0 Å². The molecule has 2 aromatic carbocycles. The lowest BCUT2D eigenvalue weighted by atomic mass is 9.98. The van der Waals surface area contributed by atoms with Crippen LogP contribution in [0.3, 0.4) is 0 Å². The molecule has 0 aliphatic rings. The molecule has 0 saturated heterocycles. The second-order valence-electron chi connectivity index (χ2n) is 7.59. The average molecular weight is 408 g/mol. The summed E-state index contributed by atoms with van der Waals surface area (Å²) in [5, 5.41) is 3.42. The fraction of sp³-hybridized carbons (Fsp3) is 0.360. The van der Waals surface area contributed by atoms with E-state index in [1.807, 2.05) is 30.3 Å². The van der Waals surface area contributed by atoms with Crippen LogP contribution in [0.4, 0.5) is 5.69 Å². The zero-order chi connectivity index (χ0) is 21.7. The summed E-state index contributed by atoms with van der Waals surface area (Å²) >= 11 is 0. The number of aryl methyl sites for hydroxylation is 2. The van der Waals surface area contributed by atoms with E-state index in [4.69, 9.17) is 9.15 Å². The van der Waals surface area contributed by atoms with E-state index in [0.717, 1.165) is 36.8 Å². The maximum atomic E-state index is 13.4. The minimum Gasteiger partial charge on any atom is -0.497 e. The van der Waals surface area contributed by atoms with Crippen molar-refractivity contribution in [1.82, 2.24) is 0 Å². The fourth-order valence-corrected chi connectivity index (χ4v) is 3.77. The molecule has 0 saturated carbocycles. The number of hydrogen-bond donors (Lipinski definition) is 1. The lowest BCUT2D eigenvalue weighted by molar-refractivity contribution is -0.114. The smallest absolute Gasteiger partial charge is 0.221 e. The molecule has 30 heavy (non-hydrogen) atoms. The van der Waals surface area contributed by atoms with Gasteiger partial charge in [0.2, 0.25) is 11.3 Å². The monoisotopic (exact) mass is 407 g/mol. The summed E-state index contributed by atoms with van der Waals surface area (Å²) in [6, 6.07) is 11.1. The predicted molar refractivity (Wildman–Crippen MR) is 121 cm³/mol. The van der Waals surface area contributed by atoms with E-state index in [0.29, 0.717) is 33.7 Å². The van der Waals surface area contributed by atoms with E-state index < -0.39 is 0 Å². The quantitative estimate of drug-likeness (QED) is 0.475. The molecule has 158 valence electrons. The number of nitrogens with one attached hydrogen (secondary N) is 1. The molecule has 1 heterocycles. The SMILES string of the molecule is CCCCCCc1cc2c(=O)c(-c3cccc(OC)c3)c(C)oc2cc1NC(C)=O. The van der Waals surface area contributed by atoms with Crippen molar-refractivity contribution in [1.29, 1.82) is 0 Å². The van der Waals surface area contributed by atoms with Gasteiger partial charge in [0.1, 0.15) is 17.1 Å². The molecule has 3 rings (SSSR count). The van der Waals surface area contributed by atoms with E-state index in [1.165, 1.54) is 13.3 Å². The predicted octanol–water partition coefficient (Wildman–Crippen LogP) is 5.86. The molecule has 0 bridgehead atoms. The highest BCUT2D eigenvalue weighted by Gasteiger charge is 2.17. The molecule has 3 aromatic rings. The van der Waals surface area contributed by atoms with Crippen LogP contribution in [0.15, 0.2) is 45.6 Å². The maximum absolute atomic E-state index is 13.4. The summed E-state index contributed by atoms with van der Waals surface area (Å²) in [5.74, 6) is 1.07. The number of carbonyl (C=O) groups is 1. The number of unbranched alkanes of at least 4 members (excludes halogenated alkanes) is 3. The Morgan fingerprint density at radius 3 is 2.63 bits per heavy atom. The normalized spacial score (nSPS) is 10.9. The van der Waals surface area contributed by atoms with Crippen LogP contribution in [0.2, 0.25) is 0 Å². The molecule has 0 spiro atoms. The summed E-state index contributed by atoms with van der Waals surface area (Å²) in [4.78, 5) is 25.1. The Hall–Kier alpha value is -3.08. The van der Waals surface area contributed by atoms with Crippen molar-refractivity contribution in [2.75, 3.05) is 12.4 Å². The van der Waals surface area contributed by atoms with Gasteiger partial charge in [-0.1, -0.05) is 38.3 Å². The van der Waals surface area contributed by atoms with Gasteiger partial charge in [0.05, 0.1) is 18.1 Å². The van der Waals surface area contributed by atoms with Gasteiger partial charge in [-0.15, -0.1) is 0 Å². The van der Waals surface area contributed by atoms with Crippen molar-refractivity contribution in [2.24, 2.45) is 0 Å². The van der Waals surface area contributed by atoms with Crippen molar-refractivity contribution in [3.05, 3.63) is 57.9 Å². The van der Waals surface area contributed by atoms with E-state index in [2.05, 4.69) is 12.2 Å². The first-order valence-corrected chi connectivity index (χ1v) is 10.5. The van der Waals surface area contributed by atoms with Gasteiger partial charge in [0.25, 0.3) is 0 Å². The van der Waals surface area contributed by atoms with Gasteiger partial charge < -0.3 is 14.5 Å². The Morgan fingerprint density at radius 2 is 1.93 bits per heavy atom. The standard InChI is InChI=1S/C25H29NO4/c1-5-6-7-8-10-18-14-21-23(15-22(18)26-17(3)27)30-16(2)24(25(21)28)19-11-9-12-20(13-19)29-4/h9,11-15H,5-8,10H2,1-4H3,(H,26,27). The van der Waals surface area contributed by atoms with Crippen LogP contribution < -0.4 is 15.5 Å². The van der Waals surface area contributed by atoms with Crippen molar-refractivity contribution in [3.63, 3.8) is 0 Å². The van der Waals surface area contributed by atoms with E-state index >= 15 is 0 Å². The fourth-order valence-electron chi connectivity index (χ4n) is 3.77. The molecular formula is C25H29NO4. The number of hydrogen-bond acceptors (Lipinski definition) is 4. The van der Waals surface area contributed by atoms with Gasteiger partial charge in [-0.05, 0) is 49.1 Å². The number of carbonyl (C=O) groups excluding carboxylic acids is 1. The minimum atomic E-state index is -0.142. The molecule has 0 fully saturated rings. The molecule has 5 heteroatoms. The molecule has 5 nitrogen and oxygen atoms in total. The van der Waals surface area contributed by atoms with Crippen molar-refractivity contribution >= 4 is 22.6 Å². The molecule has 0 aliphatic carbocycles. The number of ether oxygens (including phenoxy) is 1. The lowest BCUT2D eigenvalue weighted by Gasteiger charge is -2.13. The Kier molecular flexibility index (Phi) is 6.93. The molecular weight excluding hydrogens is 378 g/mol. The van der Waals surface area contributed by atoms with Crippen LogP contribution in [0.25, 0.3) is 22.1 Å². The summed E-state index contributed by atoms with van der Waals surface area (Å²) < 4.78 is 11.3. The number of benzene rings is 2. The largest absolute Gasteiger partial charge is 0.497 e. The van der Waals surface area contributed by atoms with E-state index in [9.17, 15) is 9.59 Å². The van der Waals surface area contributed by atoms with Crippen LogP contribution in [0.5, 0.6) is 5.75 Å². The van der Waals surface area contributed by atoms with Crippen LogP contribution in [-0.4, -0.2) is 13.0 Å². The van der Waals surface area contributed by atoms with Gasteiger partial charge in [0, 0.05) is 18.7 Å².